The van der Waals surface area contributed by atoms with Gasteiger partial charge in [-0.15, -0.1) is 0 Å². The number of anilines is 2. The number of nitrogens with zero attached hydrogens (tertiary/aromatic N) is 6. The maximum absolute atomic E-state index is 10.9. The van der Waals surface area contributed by atoms with Gasteiger partial charge in [0.15, 0.2) is 35.1 Å². The van der Waals surface area contributed by atoms with Gasteiger partial charge in [0.1, 0.15) is 12.2 Å². The highest BCUT2D eigenvalue weighted by atomic mass is 16.6. The number of ether oxygens (including phenoxy) is 1. The summed E-state index contributed by atoms with van der Waals surface area (Å²) in [5.74, 6) is 1.79. The first kappa shape index (κ1) is 27.7. The molecule has 1 saturated heterocycles. The number of aromatic nitrogens is 6. The Balaban J connectivity index is 0.00000107. The normalized spacial score (nSPS) is 23.5. The van der Waals surface area contributed by atoms with Crippen LogP contribution in [0.2, 0.25) is 0 Å². The minimum atomic E-state index is -1.25. The minimum absolute atomic E-state index is 0.134. The van der Waals surface area contributed by atoms with Gasteiger partial charge in [-0.25, -0.2) is 4.98 Å². The lowest BCUT2D eigenvalue weighted by Crippen LogP contribution is -2.29. The third-order valence-electron chi connectivity index (χ3n) is 6.99. The zero-order chi connectivity index (χ0) is 27.2. The van der Waals surface area contributed by atoms with Crippen LogP contribution < -0.4 is 10.6 Å². The van der Waals surface area contributed by atoms with Crippen LogP contribution in [-0.4, -0.2) is 75.7 Å². The van der Waals surface area contributed by atoms with Gasteiger partial charge in [0, 0.05) is 18.5 Å². The smallest absolute Gasteiger partial charge is 0.290 e. The molecule has 3 aromatic heterocycles. The van der Waals surface area contributed by atoms with Crippen LogP contribution in [0, 0.1) is 0 Å². The second kappa shape index (κ2) is 12.5. The lowest BCUT2D eigenvalue weighted by Gasteiger charge is -2.19. The van der Waals surface area contributed by atoms with Crippen molar-refractivity contribution in [3.05, 3.63) is 18.0 Å². The molecule has 208 valence electrons. The maximum Gasteiger partial charge on any atom is 0.290 e. The fraction of sp³-hybridized carbons (Fsp3) is 0.667. The predicted octanol–water partition coefficient (Wildman–Crippen LogP) is 2.42. The molecule has 3 aromatic rings. The van der Waals surface area contributed by atoms with Crippen molar-refractivity contribution in [2.45, 2.75) is 102 Å². The minimum Gasteiger partial charge on any atom is -0.483 e. The molecule has 2 fully saturated rings. The first-order chi connectivity index (χ1) is 18.4. The number of nitrogens with one attached hydrogen (secondary N) is 2. The van der Waals surface area contributed by atoms with Crippen molar-refractivity contribution in [2.24, 2.45) is 0 Å². The molecule has 38 heavy (non-hydrogen) atoms. The summed E-state index contributed by atoms with van der Waals surface area (Å²) in [5, 5.41) is 39.3. The molecule has 1 aliphatic carbocycles. The molecule has 0 amide bonds. The van der Waals surface area contributed by atoms with E-state index >= 15 is 0 Å². The molecule has 0 aromatic carbocycles. The Kier molecular flexibility index (Phi) is 9.07. The van der Waals surface area contributed by atoms with Gasteiger partial charge in [0.2, 0.25) is 5.95 Å². The number of aliphatic hydroxyl groups is 2. The third-order valence-corrected chi connectivity index (χ3v) is 6.99. The number of fused-ring (bicyclic) bond motifs is 1. The zero-order valence-corrected chi connectivity index (χ0v) is 21.8. The van der Waals surface area contributed by atoms with Crippen LogP contribution in [0.3, 0.4) is 0 Å². The first-order valence-corrected chi connectivity index (χ1v) is 13.1. The molecule has 5 rings (SSSR count). The Morgan fingerprint density at radius 2 is 1.84 bits per heavy atom. The van der Waals surface area contributed by atoms with Crippen LogP contribution in [0.4, 0.5) is 11.8 Å². The van der Waals surface area contributed by atoms with E-state index in [0.29, 0.717) is 41.2 Å². The summed E-state index contributed by atoms with van der Waals surface area (Å²) in [6.45, 7) is 5.91. The summed E-state index contributed by atoms with van der Waals surface area (Å²) in [4.78, 5) is 26.7. The van der Waals surface area contributed by atoms with Crippen LogP contribution in [0.5, 0.6) is 0 Å². The van der Waals surface area contributed by atoms with Crippen molar-refractivity contribution in [1.82, 2.24) is 29.7 Å². The first-order valence-electron chi connectivity index (χ1n) is 13.1. The lowest BCUT2D eigenvalue weighted by molar-refractivity contribution is -0.122. The van der Waals surface area contributed by atoms with E-state index in [9.17, 15) is 10.2 Å². The largest absolute Gasteiger partial charge is 0.483 e. The molecule has 14 nitrogen and oxygen atoms in total. The summed E-state index contributed by atoms with van der Waals surface area (Å²) < 4.78 is 12.9. The standard InChI is InChI=1S/C23H34N8O4.CH2O2/c1-4-12(5-2)25-19-15-20(29-23(28-19)26-13-9-7-8-10-13)31(11-24-15)22-17(33)16(32)18(34-22)21-27-14(6-3)30-35-21;2-1-3/h11-13,16-18,22,32-33H,4-10H2,1-3H3,(H2,25,26,28,29);1H,(H,2,3)/t16-,17+,18-,22+;/m0./s1. The molecule has 1 aliphatic heterocycles. The second-order valence-corrected chi connectivity index (χ2v) is 9.44. The molecule has 0 spiro atoms. The number of hydrogen-bond donors (Lipinski definition) is 5. The number of hydrogen-bond acceptors (Lipinski definition) is 12. The van der Waals surface area contributed by atoms with E-state index in [2.05, 4.69) is 39.6 Å². The maximum atomic E-state index is 10.9. The summed E-state index contributed by atoms with van der Waals surface area (Å²) >= 11 is 0. The molecular formula is C24H36N8O6. The van der Waals surface area contributed by atoms with Crippen molar-refractivity contribution in [3.8, 4) is 0 Å². The highest BCUT2D eigenvalue weighted by Gasteiger charge is 2.47. The molecule has 0 unspecified atom stereocenters. The van der Waals surface area contributed by atoms with Crippen molar-refractivity contribution in [2.75, 3.05) is 10.6 Å². The quantitative estimate of drug-likeness (QED) is 0.252. The molecule has 0 radical (unpaired) electrons. The van der Waals surface area contributed by atoms with Gasteiger partial charge in [-0.3, -0.25) is 9.36 Å². The van der Waals surface area contributed by atoms with Gasteiger partial charge in [-0.1, -0.05) is 38.8 Å². The molecule has 4 atom stereocenters. The summed E-state index contributed by atoms with van der Waals surface area (Å²) in [5.41, 5.74) is 1.08. The van der Waals surface area contributed by atoms with E-state index in [1.54, 1.807) is 10.9 Å². The Bertz CT molecular complexity index is 1190. The Hall–Kier alpha value is -3.36. The number of carbonyl (C=O) groups is 1. The highest BCUT2D eigenvalue weighted by Crippen LogP contribution is 2.40. The zero-order valence-electron chi connectivity index (χ0n) is 21.8. The monoisotopic (exact) mass is 532 g/mol. The summed E-state index contributed by atoms with van der Waals surface area (Å²) in [7, 11) is 0. The van der Waals surface area contributed by atoms with Gasteiger partial charge >= 0.3 is 0 Å². The van der Waals surface area contributed by atoms with Gasteiger partial charge in [-0.2, -0.15) is 15.0 Å². The van der Waals surface area contributed by atoms with Crippen molar-refractivity contribution >= 4 is 29.4 Å². The van der Waals surface area contributed by atoms with Crippen molar-refractivity contribution in [3.63, 3.8) is 0 Å². The topological polar surface area (TPSA) is 194 Å². The second-order valence-electron chi connectivity index (χ2n) is 9.44. The fourth-order valence-corrected chi connectivity index (χ4v) is 4.83. The molecule has 14 heteroatoms. The molecule has 2 aliphatic rings. The van der Waals surface area contributed by atoms with Gasteiger partial charge in [-0.05, 0) is 25.7 Å². The van der Waals surface area contributed by atoms with Crippen molar-refractivity contribution < 1.29 is 29.4 Å². The average Bonchev–Trinajstić information content (AvgIpc) is 3.72. The Labute approximate surface area is 219 Å². The molecular weight excluding hydrogens is 496 g/mol. The van der Waals surface area contributed by atoms with Crippen LogP contribution >= 0.6 is 0 Å². The van der Waals surface area contributed by atoms with E-state index in [1.807, 2.05) is 6.92 Å². The van der Waals surface area contributed by atoms with Gasteiger partial charge in [0.05, 0.1) is 6.33 Å². The van der Waals surface area contributed by atoms with E-state index in [-0.39, 0.29) is 18.4 Å². The Morgan fingerprint density at radius 3 is 2.47 bits per heavy atom. The van der Waals surface area contributed by atoms with Gasteiger partial charge < -0.3 is 35.2 Å². The van der Waals surface area contributed by atoms with Crippen LogP contribution in [0.15, 0.2) is 10.9 Å². The molecule has 4 heterocycles. The third kappa shape index (κ3) is 5.71. The SMILES string of the molecule is CCc1noc([C@H]2O[C@@H](n3cnc4c(NC(CC)CC)nc(NC5CCCC5)nc43)[C@H](O)[C@@H]2O)n1.O=CO. The lowest BCUT2D eigenvalue weighted by atomic mass is 10.1. The van der Waals surface area contributed by atoms with Crippen LogP contribution in [0.1, 0.15) is 83.3 Å². The number of aryl methyl sites for hydroxylation is 1. The van der Waals surface area contributed by atoms with E-state index in [1.165, 1.54) is 12.8 Å². The molecule has 0 bridgehead atoms. The van der Waals surface area contributed by atoms with E-state index in [4.69, 9.17) is 29.1 Å². The Morgan fingerprint density at radius 1 is 1.13 bits per heavy atom. The molecule has 5 N–H and O–H groups in total. The van der Waals surface area contributed by atoms with Crippen LogP contribution in [0.25, 0.3) is 11.2 Å². The number of aliphatic hydroxyl groups excluding tert-OH is 2. The number of rotatable bonds is 9. The summed E-state index contributed by atoms with van der Waals surface area (Å²) in [6, 6.07) is 0.567. The highest BCUT2D eigenvalue weighted by molar-refractivity contribution is 5.84. The van der Waals surface area contributed by atoms with Crippen LogP contribution in [-0.2, 0) is 16.0 Å². The van der Waals surface area contributed by atoms with E-state index in [0.717, 1.165) is 25.7 Å². The van der Waals surface area contributed by atoms with Crippen molar-refractivity contribution in [1.29, 1.82) is 0 Å². The molecule has 1 saturated carbocycles. The predicted molar refractivity (Wildman–Crippen MR) is 136 cm³/mol. The van der Waals surface area contributed by atoms with E-state index < -0.39 is 24.5 Å². The number of imidazole rings is 1. The summed E-state index contributed by atoms with van der Waals surface area (Å²) in [6.07, 6.45) is 4.18. The van der Waals surface area contributed by atoms with Gasteiger partial charge in [0.25, 0.3) is 12.4 Å². The number of carboxylic acid groups (broad SMARTS) is 1. The average molecular weight is 533 g/mol. The fourth-order valence-electron chi connectivity index (χ4n) is 4.83.